The molecule has 1 aromatic heterocycles. The number of nitrogens with two attached hydrogens (primary N) is 1. The third kappa shape index (κ3) is 3.84. The molecule has 0 saturated heterocycles. The Morgan fingerprint density at radius 2 is 2.04 bits per heavy atom. The Kier molecular flexibility index (Phi) is 4.65. The lowest BCUT2D eigenvalue weighted by atomic mass is 10.2. The van der Waals surface area contributed by atoms with Crippen LogP contribution in [0, 0.1) is 5.82 Å². The van der Waals surface area contributed by atoms with E-state index in [1.165, 1.54) is 12.1 Å². The Morgan fingerprint density at radius 3 is 2.88 bits per heavy atom. The molecule has 0 unspecified atom stereocenters. The van der Waals surface area contributed by atoms with Crippen LogP contribution in [0.2, 0.25) is 0 Å². The monoisotopic (exact) mass is 328 g/mol. The number of benzene rings is 2. The van der Waals surface area contributed by atoms with Crippen LogP contribution in [0.15, 0.2) is 52.9 Å². The smallest absolute Gasteiger partial charge is 0.220 e. The first-order chi connectivity index (χ1) is 11.6. The number of hydrogen-bond donors (Lipinski definition) is 2. The second-order valence-electron chi connectivity index (χ2n) is 5.31. The summed E-state index contributed by atoms with van der Waals surface area (Å²) in [6, 6.07) is 13.6. The molecular weight excluding hydrogens is 311 g/mol. The van der Waals surface area contributed by atoms with Crippen molar-refractivity contribution < 1.29 is 18.3 Å². The summed E-state index contributed by atoms with van der Waals surface area (Å²) < 4.78 is 24.5. The molecule has 124 valence electrons. The van der Waals surface area contributed by atoms with E-state index in [0.29, 0.717) is 23.6 Å². The highest BCUT2D eigenvalue weighted by Crippen LogP contribution is 2.26. The maximum absolute atomic E-state index is 13.2. The Bertz CT molecular complexity index is 860. The number of nitrogens with one attached hydrogen (secondary N) is 1. The van der Waals surface area contributed by atoms with Crippen molar-refractivity contribution in [2.24, 2.45) is 5.73 Å². The molecule has 0 spiro atoms. The second-order valence-corrected chi connectivity index (χ2v) is 5.31. The van der Waals surface area contributed by atoms with Crippen LogP contribution in [-0.2, 0) is 11.3 Å². The molecule has 0 saturated carbocycles. The molecule has 0 aliphatic heterocycles. The summed E-state index contributed by atoms with van der Waals surface area (Å²) in [7, 11) is 0. The first-order valence-electron chi connectivity index (χ1n) is 7.54. The van der Waals surface area contributed by atoms with Gasteiger partial charge < -0.3 is 20.2 Å². The van der Waals surface area contributed by atoms with E-state index in [-0.39, 0.29) is 18.8 Å². The summed E-state index contributed by atoms with van der Waals surface area (Å²) in [6.45, 7) is 0.643. The maximum Gasteiger partial charge on any atom is 0.220 e. The summed E-state index contributed by atoms with van der Waals surface area (Å²) in [4.78, 5) is 10.8. The highest BCUT2D eigenvalue weighted by atomic mass is 19.1. The predicted octanol–water partition coefficient (Wildman–Crippen LogP) is 3.44. The molecule has 0 atom stereocenters. The minimum Gasteiger partial charge on any atom is -0.491 e. The lowest BCUT2D eigenvalue weighted by molar-refractivity contribution is -0.118. The standard InChI is InChI=1S/C18H17FN2O3/c19-13-5-6-16-12(9-13)10-14(24-16)11-21-15-3-1-2-4-17(15)23-8-7-18(20)22/h1-6,9-10,21H,7-8,11H2,(H2,20,22). The Hall–Kier alpha value is -3.02. The van der Waals surface area contributed by atoms with Crippen LogP contribution < -0.4 is 15.8 Å². The lowest BCUT2D eigenvalue weighted by Crippen LogP contribution is -2.15. The van der Waals surface area contributed by atoms with Crippen LogP contribution in [0.5, 0.6) is 5.75 Å². The van der Waals surface area contributed by atoms with Gasteiger partial charge in [-0.05, 0) is 36.4 Å². The summed E-state index contributed by atoms with van der Waals surface area (Å²) in [5, 5.41) is 3.93. The van der Waals surface area contributed by atoms with E-state index in [2.05, 4.69) is 5.32 Å². The summed E-state index contributed by atoms with van der Waals surface area (Å²) in [5.41, 5.74) is 6.51. The number of amides is 1. The third-order valence-electron chi connectivity index (χ3n) is 3.48. The average molecular weight is 328 g/mol. The van der Waals surface area contributed by atoms with E-state index < -0.39 is 5.91 Å². The van der Waals surface area contributed by atoms with Gasteiger partial charge in [-0.2, -0.15) is 0 Å². The number of rotatable bonds is 7. The molecule has 3 rings (SSSR count). The quantitative estimate of drug-likeness (QED) is 0.696. The molecule has 0 bridgehead atoms. The fourth-order valence-electron chi connectivity index (χ4n) is 2.34. The van der Waals surface area contributed by atoms with Crippen molar-refractivity contribution in [2.45, 2.75) is 13.0 Å². The van der Waals surface area contributed by atoms with Gasteiger partial charge >= 0.3 is 0 Å². The zero-order chi connectivity index (χ0) is 16.9. The van der Waals surface area contributed by atoms with Gasteiger partial charge in [0.15, 0.2) is 0 Å². The topological polar surface area (TPSA) is 77.5 Å². The van der Waals surface area contributed by atoms with E-state index in [1.807, 2.05) is 18.2 Å². The number of hydrogen-bond acceptors (Lipinski definition) is 4. The number of fused-ring (bicyclic) bond motifs is 1. The molecule has 3 aromatic rings. The third-order valence-corrected chi connectivity index (χ3v) is 3.48. The number of furan rings is 1. The van der Waals surface area contributed by atoms with Crippen molar-refractivity contribution in [3.05, 3.63) is 60.1 Å². The van der Waals surface area contributed by atoms with E-state index in [0.717, 1.165) is 11.1 Å². The highest BCUT2D eigenvalue weighted by Gasteiger charge is 2.07. The Balaban J connectivity index is 1.68. The first kappa shape index (κ1) is 15.9. The van der Waals surface area contributed by atoms with Gasteiger partial charge in [0.25, 0.3) is 0 Å². The SMILES string of the molecule is NC(=O)CCOc1ccccc1NCc1cc2cc(F)ccc2o1. The molecule has 1 amide bonds. The summed E-state index contributed by atoms with van der Waals surface area (Å²) in [6.07, 6.45) is 0.156. The summed E-state index contributed by atoms with van der Waals surface area (Å²) in [5.74, 6) is 0.606. The predicted molar refractivity (Wildman–Crippen MR) is 89.2 cm³/mol. The molecule has 3 N–H and O–H groups in total. The minimum absolute atomic E-state index is 0.156. The molecule has 0 aliphatic carbocycles. The molecule has 1 heterocycles. The number of ether oxygens (including phenoxy) is 1. The van der Waals surface area contributed by atoms with Crippen LogP contribution in [0.4, 0.5) is 10.1 Å². The van der Waals surface area contributed by atoms with Crippen molar-refractivity contribution in [3.8, 4) is 5.75 Å². The number of halogens is 1. The van der Waals surface area contributed by atoms with Crippen LogP contribution in [0.3, 0.4) is 0 Å². The number of para-hydroxylation sites is 2. The molecule has 5 nitrogen and oxygen atoms in total. The van der Waals surface area contributed by atoms with Crippen molar-refractivity contribution >= 4 is 22.6 Å². The number of primary amides is 1. The van der Waals surface area contributed by atoms with Gasteiger partial charge in [0.05, 0.1) is 25.3 Å². The van der Waals surface area contributed by atoms with Crippen molar-refractivity contribution in [3.63, 3.8) is 0 Å². The normalized spacial score (nSPS) is 10.7. The minimum atomic E-state index is -0.407. The van der Waals surface area contributed by atoms with Crippen molar-refractivity contribution in [1.29, 1.82) is 0 Å². The highest BCUT2D eigenvalue weighted by molar-refractivity contribution is 5.78. The van der Waals surface area contributed by atoms with Gasteiger partial charge in [0.1, 0.15) is 22.9 Å². The molecule has 0 fully saturated rings. The Labute approximate surface area is 138 Å². The molecule has 0 radical (unpaired) electrons. The van der Waals surface area contributed by atoms with E-state index in [4.69, 9.17) is 14.9 Å². The average Bonchev–Trinajstić information content (AvgIpc) is 2.95. The number of anilines is 1. The van der Waals surface area contributed by atoms with Gasteiger partial charge in [0, 0.05) is 5.39 Å². The zero-order valence-corrected chi connectivity index (χ0v) is 12.9. The first-order valence-corrected chi connectivity index (χ1v) is 7.54. The van der Waals surface area contributed by atoms with E-state index in [1.54, 1.807) is 18.2 Å². The van der Waals surface area contributed by atoms with Crippen molar-refractivity contribution in [2.75, 3.05) is 11.9 Å². The molecule has 0 aliphatic rings. The largest absolute Gasteiger partial charge is 0.491 e. The van der Waals surface area contributed by atoms with Crippen LogP contribution >= 0.6 is 0 Å². The zero-order valence-electron chi connectivity index (χ0n) is 12.9. The maximum atomic E-state index is 13.2. The van der Waals surface area contributed by atoms with Crippen LogP contribution in [-0.4, -0.2) is 12.5 Å². The van der Waals surface area contributed by atoms with Gasteiger partial charge in [-0.3, -0.25) is 4.79 Å². The fraction of sp³-hybridized carbons (Fsp3) is 0.167. The Morgan fingerprint density at radius 1 is 1.21 bits per heavy atom. The van der Waals surface area contributed by atoms with E-state index >= 15 is 0 Å². The van der Waals surface area contributed by atoms with Gasteiger partial charge in [-0.15, -0.1) is 0 Å². The summed E-state index contributed by atoms with van der Waals surface area (Å²) >= 11 is 0. The van der Waals surface area contributed by atoms with Gasteiger partial charge in [-0.1, -0.05) is 12.1 Å². The van der Waals surface area contributed by atoms with Crippen LogP contribution in [0.1, 0.15) is 12.2 Å². The number of carbonyl (C=O) groups excluding carboxylic acids is 1. The molecule has 6 heteroatoms. The lowest BCUT2D eigenvalue weighted by Gasteiger charge is -2.12. The molecular formula is C18H17FN2O3. The second kappa shape index (κ2) is 7.04. The molecule has 24 heavy (non-hydrogen) atoms. The van der Waals surface area contributed by atoms with Crippen LogP contribution in [0.25, 0.3) is 11.0 Å². The van der Waals surface area contributed by atoms with Gasteiger partial charge in [0.2, 0.25) is 5.91 Å². The number of carbonyl (C=O) groups is 1. The van der Waals surface area contributed by atoms with Crippen molar-refractivity contribution in [1.82, 2.24) is 0 Å². The van der Waals surface area contributed by atoms with Gasteiger partial charge in [-0.25, -0.2) is 4.39 Å². The van der Waals surface area contributed by atoms with E-state index in [9.17, 15) is 9.18 Å². The molecule has 2 aromatic carbocycles. The fourth-order valence-corrected chi connectivity index (χ4v) is 2.34.